The van der Waals surface area contributed by atoms with Crippen molar-refractivity contribution in [1.82, 2.24) is 10.2 Å². The second-order valence-electron chi connectivity index (χ2n) is 4.41. The molecule has 2 saturated heterocycles. The summed E-state index contributed by atoms with van der Waals surface area (Å²) in [6.45, 7) is 0.154. The number of nitrogens with one attached hydrogen (secondary N) is 1. The number of benzene rings is 1. The van der Waals surface area contributed by atoms with Gasteiger partial charge in [-0.3, -0.25) is 9.59 Å². The van der Waals surface area contributed by atoms with Crippen LogP contribution in [-0.4, -0.2) is 23.3 Å². The maximum absolute atomic E-state index is 11.8. The molecule has 1 aromatic rings. The number of rotatable bonds is 1. The van der Waals surface area contributed by atoms with Crippen LogP contribution in [0.25, 0.3) is 0 Å². The van der Waals surface area contributed by atoms with Gasteiger partial charge in [0.25, 0.3) is 0 Å². The summed E-state index contributed by atoms with van der Waals surface area (Å²) in [5.74, 6) is -0.0745. The Kier molecular flexibility index (Phi) is 2.19. The van der Waals surface area contributed by atoms with Gasteiger partial charge in [-0.25, -0.2) is 0 Å². The zero-order valence-corrected chi connectivity index (χ0v) is 10.0. The van der Waals surface area contributed by atoms with Gasteiger partial charge in [0.1, 0.15) is 12.2 Å². The lowest BCUT2D eigenvalue weighted by atomic mass is 9.97. The van der Waals surface area contributed by atoms with E-state index in [0.29, 0.717) is 12.8 Å². The number of fused-ring (bicyclic) bond motifs is 1. The zero-order chi connectivity index (χ0) is 12.0. The Morgan fingerprint density at radius 3 is 2.82 bits per heavy atom. The molecule has 0 radical (unpaired) electrons. The van der Waals surface area contributed by atoms with Crippen molar-refractivity contribution in [1.29, 1.82) is 0 Å². The summed E-state index contributed by atoms with van der Waals surface area (Å²) in [6, 6.07) is 7.58. The summed E-state index contributed by atoms with van der Waals surface area (Å²) in [5.41, 5.74) is 0.243. The number of nitrogens with zero attached hydrogens (tertiary/aromatic N) is 1. The van der Waals surface area contributed by atoms with E-state index in [0.717, 1.165) is 10.5 Å². The highest BCUT2D eigenvalue weighted by Crippen LogP contribution is 2.42. The fraction of sp³-hybridized carbons (Fsp3) is 0.333. The minimum absolute atomic E-state index is 0.0277. The van der Waals surface area contributed by atoms with Gasteiger partial charge in [-0.1, -0.05) is 18.2 Å². The first-order valence-electron chi connectivity index (χ1n) is 5.53. The van der Waals surface area contributed by atoms with Crippen molar-refractivity contribution in [3.8, 4) is 0 Å². The van der Waals surface area contributed by atoms with Gasteiger partial charge < -0.3 is 10.2 Å². The fourth-order valence-electron chi connectivity index (χ4n) is 2.71. The monoisotopic (exact) mass is 248 g/mol. The molecule has 17 heavy (non-hydrogen) atoms. The highest BCUT2D eigenvalue weighted by Gasteiger charge is 2.53. The number of hydrogen-bond donors (Lipinski definition) is 2. The Balaban J connectivity index is 2.14. The molecule has 2 aliphatic rings. The first kappa shape index (κ1) is 10.7. The van der Waals surface area contributed by atoms with Crippen molar-refractivity contribution in [3.63, 3.8) is 0 Å². The van der Waals surface area contributed by atoms with Crippen molar-refractivity contribution in [2.24, 2.45) is 0 Å². The quantitative estimate of drug-likeness (QED) is 0.725. The predicted molar refractivity (Wildman–Crippen MR) is 64.5 cm³/mol. The largest absolute Gasteiger partial charge is 0.328 e. The van der Waals surface area contributed by atoms with Gasteiger partial charge >= 0.3 is 0 Å². The van der Waals surface area contributed by atoms with Crippen molar-refractivity contribution in [2.45, 2.75) is 23.4 Å². The van der Waals surface area contributed by atoms with E-state index in [4.69, 9.17) is 0 Å². The molecule has 88 valence electrons. The molecule has 1 aromatic carbocycles. The van der Waals surface area contributed by atoms with E-state index < -0.39 is 5.66 Å². The van der Waals surface area contributed by atoms with Crippen LogP contribution in [0.2, 0.25) is 0 Å². The summed E-state index contributed by atoms with van der Waals surface area (Å²) in [4.78, 5) is 25.8. The zero-order valence-electron chi connectivity index (χ0n) is 9.14. The van der Waals surface area contributed by atoms with Crippen LogP contribution >= 0.6 is 12.6 Å². The minimum Gasteiger partial charge on any atom is -0.328 e. The van der Waals surface area contributed by atoms with Crippen molar-refractivity contribution in [2.75, 3.05) is 6.54 Å². The molecule has 2 fully saturated rings. The van der Waals surface area contributed by atoms with Crippen LogP contribution in [0.4, 0.5) is 0 Å². The third-order valence-electron chi connectivity index (χ3n) is 3.46. The molecule has 0 aromatic heterocycles. The van der Waals surface area contributed by atoms with E-state index in [1.165, 1.54) is 0 Å². The van der Waals surface area contributed by atoms with Crippen LogP contribution in [0.15, 0.2) is 29.2 Å². The smallest absolute Gasteiger partial charge is 0.241 e. The normalized spacial score (nSPS) is 27.2. The average Bonchev–Trinajstić information content (AvgIpc) is 2.78. The molecule has 0 spiro atoms. The Morgan fingerprint density at radius 2 is 2.06 bits per heavy atom. The van der Waals surface area contributed by atoms with E-state index >= 15 is 0 Å². The first-order chi connectivity index (χ1) is 8.13. The molecule has 2 aliphatic heterocycles. The maximum Gasteiger partial charge on any atom is 0.241 e. The summed E-state index contributed by atoms with van der Waals surface area (Å²) in [6.07, 6.45) is 1.09. The summed E-state index contributed by atoms with van der Waals surface area (Å²) >= 11 is 4.42. The van der Waals surface area contributed by atoms with Gasteiger partial charge in [-0.15, -0.1) is 12.6 Å². The van der Waals surface area contributed by atoms with Gasteiger partial charge in [-0.2, -0.15) is 0 Å². The summed E-state index contributed by atoms with van der Waals surface area (Å²) in [7, 11) is 0. The topological polar surface area (TPSA) is 49.4 Å². The number of amides is 2. The molecule has 0 aliphatic carbocycles. The molecule has 1 unspecified atom stereocenters. The molecule has 3 rings (SSSR count). The van der Waals surface area contributed by atoms with Crippen LogP contribution in [0.3, 0.4) is 0 Å². The SMILES string of the molecule is O=C1CN2C(=O)CCC2(c2ccccc2S)N1. The second-order valence-corrected chi connectivity index (χ2v) is 4.89. The highest BCUT2D eigenvalue weighted by atomic mass is 32.1. The molecular formula is C12H12N2O2S. The second kappa shape index (κ2) is 3.50. The Hall–Kier alpha value is -1.49. The standard InChI is InChI=1S/C12H12N2O2S/c15-10-7-14-11(16)5-6-12(14,13-10)8-3-1-2-4-9(8)17/h1-4,17H,5-7H2,(H,13,15). The Labute approximate surface area is 104 Å². The molecule has 0 saturated carbocycles. The molecule has 5 heteroatoms. The van der Waals surface area contributed by atoms with Gasteiger partial charge in [0.05, 0.1) is 0 Å². The van der Waals surface area contributed by atoms with Crippen LogP contribution < -0.4 is 5.32 Å². The third kappa shape index (κ3) is 1.38. The lowest BCUT2D eigenvalue weighted by Gasteiger charge is -2.32. The van der Waals surface area contributed by atoms with E-state index in [1.807, 2.05) is 24.3 Å². The van der Waals surface area contributed by atoms with Gasteiger partial charge in [0.15, 0.2) is 0 Å². The fourth-order valence-corrected chi connectivity index (χ4v) is 3.05. The van der Waals surface area contributed by atoms with E-state index in [-0.39, 0.29) is 18.4 Å². The molecular weight excluding hydrogens is 236 g/mol. The lowest BCUT2D eigenvalue weighted by molar-refractivity contribution is -0.131. The number of thiol groups is 1. The van der Waals surface area contributed by atoms with Crippen molar-refractivity contribution < 1.29 is 9.59 Å². The third-order valence-corrected chi connectivity index (χ3v) is 3.85. The number of carbonyl (C=O) groups excluding carboxylic acids is 2. The van der Waals surface area contributed by atoms with E-state index in [2.05, 4.69) is 17.9 Å². The first-order valence-corrected chi connectivity index (χ1v) is 5.98. The Bertz CT molecular complexity index is 517. The number of hydrogen-bond acceptors (Lipinski definition) is 3. The van der Waals surface area contributed by atoms with Crippen LogP contribution in [0.5, 0.6) is 0 Å². The van der Waals surface area contributed by atoms with Crippen LogP contribution in [-0.2, 0) is 15.3 Å². The molecule has 2 amide bonds. The molecule has 0 bridgehead atoms. The average molecular weight is 248 g/mol. The lowest BCUT2D eigenvalue weighted by Crippen LogP contribution is -2.45. The van der Waals surface area contributed by atoms with Gasteiger partial charge in [-0.05, 0) is 6.07 Å². The Morgan fingerprint density at radius 1 is 1.29 bits per heavy atom. The predicted octanol–water partition coefficient (Wildman–Crippen LogP) is 0.880. The molecule has 1 N–H and O–H groups in total. The van der Waals surface area contributed by atoms with E-state index in [1.54, 1.807) is 4.90 Å². The van der Waals surface area contributed by atoms with Crippen LogP contribution in [0.1, 0.15) is 18.4 Å². The molecule has 1 atom stereocenters. The summed E-state index contributed by atoms with van der Waals surface area (Å²) < 4.78 is 0. The van der Waals surface area contributed by atoms with Gasteiger partial charge in [0.2, 0.25) is 11.8 Å². The summed E-state index contributed by atoms with van der Waals surface area (Å²) in [5, 5.41) is 2.93. The maximum atomic E-state index is 11.8. The van der Waals surface area contributed by atoms with Gasteiger partial charge in [0, 0.05) is 23.3 Å². The molecule has 2 heterocycles. The van der Waals surface area contributed by atoms with E-state index in [9.17, 15) is 9.59 Å². The van der Waals surface area contributed by atoms with Crippen molar-refractivity contribution in [3.05, 3.63) is 29.8 Å². The molecule has 4 nitrogen and oxygen atoms in total. The van der Waals surface area contributed by atoms with Crippen molar-refractivity contribution >= 4 is 24.4 Å². The van der Waals surface area contributed by atoms with Crippen LogP contribution in [0, 0.1) is 0 Å². The minimum atomic E-state index is -0.660. The number of carbonyl (C=O) groups is 2. The highest BCUT2D eigenvalue weighted by molar-refractivity contribution is 7.80.